The Morgan fingerprint density at radius 2 is 1.73 bits per heavy atom. The number of nitrogens with one attached hydrogen (secondary N) is 1. The molecule has 8 heteroatoms. The van der Waals surface area contributed by atoms with Gasteiger partial charge in [0, 0.05) is 19.6 Å². The van der Waals surface area contributed by atoms with Gasteiger partial charge in [-0.15, -0.1) is 0 Å². The van der Waals surface area contributed by atoms with E-state index in [-0.39, 0.29) is 18.6 Å². The molecule has 1 N–H and O–H groups in total. The van der Waals surface area contributed by atoms with Gasteiger partial charge in [0.1, 0.15) is 18.4 Å². The molecule has 0 saturated carbocycles. The molecule has 0 unspecified atom stereocenters. The quantitative estimate of drug-likeness (QED) is 0.694. The van der Waals surface area contributed by atoms with Crippen LogP contribution in [0.1, 0.15) is 18.4 Å². The molecule has 0 spiro atoms. The van der Waals surface area contributed by atoms with Gasteiger partial charge in [0.05, 0.1) is 11.9 Å². The van der Waals surface area contributed by atoms with Gasteiger partial charge < -0.3 is 15.0 Å². The lowest BCUT2D eigenvalue weighted by atomic mass is 10.1. The van der Waals surface area contributed by atoms with Gasteiger partial charge in [0.25, 0.3) is 0 Å². The third kappa shape index (κ3) is 6.47. The number of para-hydroxylation sites is 1. The Hall–Kier alpha value is -2.58. The number of hydrogen-bond acceptors (Lipinski definition) is 5. The number of rotatable bonds is 8. The Kier molecular flexibility index (Phi) is 7.33. The topological polar surface area (TPSA) is 79.0 Å². The third-order valence-corrected chi connectivity index (χ3v) is 6.25. The molecule has 1 heterocycles. The summed E-state index contributed by atoms with van der Waals surface area (Å²) in [5.74, 6) is 0.461. The zero-order valence-corrected chi connectivity index (χ0v) is 18.3. The fourth-order valence-electron chi connectivity index (χ4n) is 3.36. The van der Waals surface area contributed by atoms with Crippen molar-refractivity contribution in [3.63, 3.8) is 0 Å². The molecule has 0 bridgehead atoms. The Bertz CT molecular complexity index is 925. The van der Waals surface area contributed by atoms with Crippen LogP contribution in [-0.2, 0) is 21.4 Å². The summed E-state index contributed by atoms with van der Waals surface area (Å²) in [5.41, 5.74) is 1.38. The first kappa shape index (κ1) is 22.1. The first-order chi connectivity index (χ1) is 14.3. The Labute approximate surface area is 178 Å². The standard InChI is InChI=1S/C22H29N3O4S/c1-24-14-12-21(13-15-24)29-20-10-8-18(9-11-20)16-23-22(26)17-25(30(2,27)28)19-6-4-3-5-7-19/h3-11,21H,12-17H2,1-2H3,(H,23,26). The van der Waals surface area contributed by atoms with Crippen LogP contribution < -0.4 is 14.4 Å². The number of carbonyl (C=O) groups excluding carboxylic acids is 1. The zero-order valence-electron chi connectivity index (χ0n) is 17.5. The number of piperidine rings is 1. The largest absolute Gasteiger partial charge is 0.490 e. The van der Waals surface area contributed by atoms with Crippen LogP contribution in [0.2, 0.25) is 0 Å². The molecule has 1 saturated heterocycles. The average molecular weight is 432 g/mol. The molecule has 1 aliphatic rings. The van der Waals surface area contributed by atoms with Crippen molar-refractivity contribution >= 4 is 21.6 Å². The predicted molar refractivity (Wildman–Crippen MR) is 118 cm³/mol. The second kappa shape index (κ2) is 9.95. The van der Waals surface area contributed by atoms with Gasteiger partial charge in [-0.05, 0) is 49.7 Å². The maximum Gasteiger partial charge on any atom is 0.241 e. The minimum Gasteiger partial charge on any atom is -0.490 e. The van der Waals surface area contributed by atoms with E-state index in [0.29, 0.717) is 12.2 Å². The summed E-state index contributed by atoms with van der Waals surface area (Å²) >= 11 is 0. The lowest BCUT2D eigenvalue weighted by Gasteiger charge is -2.29. The summed E-state index contributed by atoms with van der Waals surface area (Å²) in [4.78, 5) is 14.7. The Morgan fingerprint density at radius 3 is 2.33 bits per heavy atom. The number of sulfonamides is 1. The van der Waals surface area contributed by atoms with Gasteiger partial charge in [0.15, 0.2) is 0 Å². The molecular weight excluding hydrogens is 402 g/mol. The molecule has 7 nitrogen and oxygen atoms in total. The van der Waals surface area contributed by atoms with E-state index in [9.17, 15) is 13.2 Å². The van der Waals surface area contributed by atoms with E-state index in [0.717, 1.165) is 47.8 Å². The maximum absolute atomic E-state index is 12.4. The summed E-state index contributed by atoms with van der Waals surface area (Å²) in [5, 5.41) is 2.79. The van der Waals surface area contributed by atoms with Crippen LogP contribution in [0, 0.1) is 0 Å². The predicted octanol–water partition coefficient (Wildman–Crippen LogP) is 2.24. The Morgan fingerprint density at radius 1 is 1.10 bits per heavy atom. The van der Waals surface area contributed by atoms with E-state index < -0.39 is 10.0 Å². The van der Waals surface area contributed by atoms with E-state index in [1.54, 1.807) is 30.3 Å². The van der Waals surface area contributed by atoms with Gasteiger partial charge in [-0.2, -0.15) is 0 Å². The molecule has 1 amide bonds. The van der Waals surface area contributed by atoms with Crippen molar-refractivity contribution in [3.05, 3.63) is 60.2 Å². The van der Waals surface area contributed by atoms with Crippen LogP contribution >= 0.6 is 0 Å². The molecule has 2 aromatic rings. The SMILES string of the molecule is CN1CCC(Oc2ccc(CNC(=O)CN(c3ccccc3)S(C)(=O)=O)cc2)CC1. The number of likely N-dealkylation sites (tertiary alicyclic amines) is 1. The van der Waals surface area contributed by atoms with Crippen molar-refractivity contribution in [2.24, 2.45) is 0 Å². The second-order valence-electron chi connectivity index (χ2n) is 7.65. The lowest BCUT2D eigenvalue weighted by Crippen LogP contribution is -2.40. The third-order valence-electron chi connectivity index (χ3n) is 5.11. The van der Waals surface area contributed by atoms with Crippen molar-refractivity contribution in [3.8, 4) is 5.75 Å². The molecule has 3 rings (SSSR count). The Balaban J connectivity index is 1.51. The molecular formula is C22H29N3O4S. The molecule has 0 aliphatic carbocycles. The fraction of sp³-hybridized carbons (Fsp3) is 0.409. The van der Waals surface area contributed by atoms with Crippen LogP contribution in [0.25, 0.3) is 0 Å². The number of benzene rings is 2. The minimum atomic E-state index is -3.57. The number of hydrogen-bond donors (Lipinski definition) is 1. The van der Waals surface area contributed by atoms with Crippen molar-refractivity contribution in [1.82, 2.24) is 10.2 Å². The van der Waals surface area contributed by atoms with Crippen LogP contribution in [0.3, 0.4) is 0 Å². The number of carbonyl (C=O) groups is 1. The molecule has 162 valence electrons. The van der Waals surface area contributed by atoms with Gasteiger partial charge in [0.2, 0.25) is 15.9 Å². The summed E-state index contributed by atoms with van der Waals surface area (Å²) in [6, 6.07) is 16.2. The molecule has 1 fully saturated rings. The molecule has 0 aromatic heterocycles. The van der Waals surface area contributed by atoms with Crippen LogP contribution in [-0.4, -0.2) is 58.3 Å². The average Bonchev–Trinajstić information content (AvgIpc) is 2.73. The maximum atomic E-state index is 12.4. The molecule has 1 aliphatic heterocycles. The highest BCUT2D eigenvalue weighted by Crippen LogP contribution is 2.19. The van der Waals surface area contributed by atoms with Crippen LogP contribution in [0.4, 0.5) is 5.69 Å². The number of amides is 1. The summed E-state index contributed by atoms with van der Waals surface area (Å²) in [6.45, 7) is 2.14. The van der Waals surface area contributed by atoms with Crippen molar-refractivity contribution in [2.75, 3.05) is 37.2 Å². The highest BCUT2D eigenvalue weighted by atomic mass is 32.2. The van der Waals surface area contributed by atoms with Gasteiger partial charge in [-0.3, -0.25) is 9.10 Å². The molecule has 30 heavy (non-hydrogen) atoms. The lowest BCUT2D eigenvalue weighted by molar-refractivity contribution is -0.119. The summed E-state index contributed by atoms with van der Waals surface area (Å²) in [7, 11) is -1.45. The first-order valence-corrected chi connectivity index (χ1v) is 11.9. The summed E-state index contributed by atoms with van der Waals surface area (Å²) in [6.07, 6.45) is 3.38. The van der Waals surface area contributed by atoms with Gasteiger partial charge in [-0.25, -0.2) is 8.42 Å². The van der Waals surface area contributed by atoms with Crippen molar-refractivity contribution in [2.45, 2.75) is 25.5 Å². The molecule has 0 radical (unpaired) electrons. The minimum absolute atomic E-state index is 0.242. The zero-order chi connectivity index (χ0) is 21.6. The van der Waals surface area contributed by atoms with E-state index in [1.165, 1.54) is 0 Å². The molecule has 2 aromatic carbocycles. The number of nitrogens with zero attached hydrogens (tertiary/aromatic N) is 2. The summed E-state index contributed by atoms with van der Waals surface area (Å²) < 4.78 is 31.3. The van der Waals surface area contributed by atoms with Gasteiger partial charge >= 0.3 is 0 Å². The monoisotopic (exact) mass is 431 g/mol. The normalized spacial score (nSPS) is 15.5. The highest BCUT2D eigenvalue weighted by Gasteiger charge is 2.20. The van der Waals surface area contributed by atoms with E-state index in [1.807, 2.05) is 24.3 Å². The van der Waals surface area contributed by atoms with Crippen LogP contribution in [0.15, 0.2) is 54.6 Å². The van der Waals surface area contributed by atoms with Crippen molar-refractivity contribution < 1.29 is 17.9 Å². The van der Waals surface area contributed by atoms with E-state index in [2.05, 4.69) is 17.3 Å². The number of anilines is 1. The van der Waals surface area contributed by atoms with Crippen molar-refractivity contribution in [1.29, 1.82) is 0 Å². The number of ether oxygens (including phenoxy) is 1. The van der Waals surface area contributed by atoms with Crippen LogP contribution in [0.5, 0.6) is 5.75 Å². The smallest absolute Gasteiger partial charge is 0.241 e. The first-order valence-electron chi connectivity index (χ1n) is 10.0. The second-order valence-corrected chi connectivity index (χ2v) is 9.55. The van der Waals surface area contributed by atoms with Gasteiger partial charge in [-0.1, -0.05) is 30.3 Å². The highest BCUT2D eigenvalue weighted by molar-refractivity contribution is 7.92. The fourth-order valence-corrected chi connectivity index (χ4v) is 4.22. The molecule has 0 atom stereocenters. The van der Waals surface area contributed by atoms with E-state index in [4.69, 9.17) is 4.74 Å². The van der Waals surface area contributed by atoms with E-state index >= 15 is 0 Å².